The largest absolute Gasteiger partial charge is 0.388 e. The summed E-state index contributed by atoms with van der Waals surface area (Å²) >= 11 is 0. The van der Waals surface area contributed by atoms with E-state index in [1.807, 2.05) is 20.2 Å². The summed E-state index contributed by atoms with van der Waals surface area (Å²) < 4.78 is 1.73. The molecule has 1 atom stereocenters. The summed E-state index contributed by atoms with van der Waals surface area (Å²) in [4.78, 5) is 0. The monoisotopic (exact) mass is 195 g/mol. The molecule has 1 aliphatic rings. The summed E-state index contributed by atoms with van der Waals surface area (Å²) in [7, 11) is 1.86. The van der Waals surface area contributed by atoms with Crippen molar-refractivity contribution >= 4 is 0 Å². The molecule has 4 heteroatoms. The molecule has 0 aliphatic heterocycles. The van der Waals surface area contributed by atoms with Crippen LogP contribution in [0.4, 0.5) is 0 Å². The third-order valence-electron chi connectivity index (χ3n) is 2.90. The smallest absolute Gasteiger partial charge is 0.0840 e. The summed E-state index contributed by atoms with van der Waals surface area (Å²) in [5.41, 5.74) is 7.64. The molecule has 0 amide bonds. The predicted octanol–water partition coefficient (Wildman–Crippen LogP) is 0.643. The van der Waals surface area contributed by atoms with E-state index in [4.69, 9.17) is 5.73 Å². The number of aliphatic hydroxyl groups excluding tert-OH is 1. The highest BCUT2D eigenvalue weighted by Crippen LogP contribution is 2.40. The predicted molar refractivity (Wildman–Crippen MR) is 53.7 cm³/mol. The Kier molecular flexibility index (Phi) is 2.12. The number of aryl methyl sites for hydroxylation is 2. The van der Waals surface area contributed by atoms with Crippen LogP contribution in [-0.4, -0.2) is 20.4 Å². The van der Waals surface area contributed by atoms with Gasteiger partial charge in [0, 0.05) is 24.3 Å². The van der Waals surface area contributed by atoms with Crippen molar-refractivity contribution < 1.29 is 5.11 Å². The Morgan fingerprint density at radius 3 is 2.79 bits per heavy atom. The molecule has 1 unspecified atom stereocenters. The highest BCUT2D eigenvalue weighted by molar-refractivity contribution is 5.20. The Morgan fingerprint density at radius 1 is 1.71 bits per heavy atom. The van der Waals surface area contributed by atoms with E-state index in [0.717, 1.165) is 24.1 Å². The minimum Gasteiger partial charge on any atom is -0.388 e. The molecule has 14 heavy (non-hydrogen) atoms. The van der Waals surface area contributed by atoms with Gasteiger partial charge in [0.15, 0.2) is 0 Å². The molecular weight excluding hydrogens is 178 g/mol. The molecule has 0 aromatic carbocycles. The molecule has 0 saturated heterocycles. The Morgan fingerprint density at radius 2 is 2.36 bits per heavy atom. The van der Waals surface area contributed by atoms with E-state index < -0.39 is 6.10 Å². The lowest BCUT2D eigenvalue weighted by molar-refractivity contribution is 0.153. The highest BCUT2D eigenvalue weighted by Gasteiger charge is 2.40. The molecule has 78 valence electrons. The molecule has 1 fully saturated rings. The van der Waals surface area contributed by atoms with Crippen LogP contribution < -0.4 is 5.73 Å². The van der Waals surface area contributed by atoms with Crippen LogP contribution in [-0.2, 0) is 7.05 Å². The number of aliphatic hydroxyl groups is 1. The summed E-state index contributed by atoms with van der Waals surface area (Å²) in [5.74, 6) is 0. The van der Waals surface area contributed by atoms with Crippen molar-refractivity contribution in [2.75, 3.05) is 0 Å². The van der Waals surface area contributed by atoms with E-state index in [2.05, 4.69) is 5.10 Å². The fraction of sp³-hybridized carbons (Fsp3) is 0.700. The molecule has 0 spiro atoms. The third-order valence-corrected chi connectivity index (χ3v) is 2.90. The molecule has 1 aromatic rings. The summed E-state index contributed by atoms with van der Waals surface area (Å²) in [6, 6.07) is 0. The van der Waals surface area contributed by atoms with Crippen LogP contribution in [0, 0.1) is 6.92 Å². The first-order valence-electron chi connectivity index (χ1n) is 4.97. The van der Waals surface area contributed by atoms with Crippen molar-refractivity contribution in [2.45, 2.75) is 37.8 Å². The fourth-order valence-corrected chi connectivity index (χ4v) is 1.80. The molecule has 0 bridgehead atoms. The normalized spacial score (nSPS) is 20.9. The Bertz CT molecular complexity index is 341. The quantitative estimate of drug-likeness (QED) is 0.744. The van der Waals surface area contributed by atoms with Gasteiger partial charge in [-0.25, -0.2) is 0 Å². The zero-order valence-electron chi connectivity index (χ0n) is 8.70. The van der Waals surface area contributed by atoms with Gasteiger partial charge in [0.05, 0.1) is 11.8 Å². The van der Waals surface area contributed by atoms with Gasteiger partial charge in [-0.05, 0) is 26.2 Å². The van der Waals surface area contributed by atoms with Crippen molar-refractivity contribution in [3.8, 4) is 0 Å². The average molecular weight is 195 g/mol. The zero-order valence-corrected chi connectivity index (χ0v) is 8.70. The van der Waals surface area contributed by atoms with Crippen LogP contribution in [0.2, 0.25) is 0 Å². The maximum atomic E-state index is 9.96. The second kappa shape index (κ2) is 3.07. The topological polar surface area (TPSA) is 64.1 Å². The van der Waals surface area contributed by atoms with Crippen LogP contribution in [0.25, 0.3) is 0 Å². The Balaban J connectivity index is 2.10. The lowest BCUT2D eigenvalue weighted by Gasteiger charge is -2.14. The summed E-state index contributed by atoms with van der Waals surface area (Å²) in [5, 5.41) is 14.2. The van der Waals surface area contributed by atoms with Crippen LogP contribution in [0.5, 0.6) is 0 Å². The van der Waals surface area contributed by atoms with E-state index in [9.17, 15) is 5.11 Å². The van der Waals surface area contributed by atoms with Crippen molar-refractivity contribution in [3.05, 3.63) is 17.5 Å². The second-order valence-corrected chi connectivity index (χ2v) is 4.43. The van der Waals surface area contributed by atoms with Gasteiger partial charge in [-0.3, -0.25) is 4.68 Å². The molecule has 2 rings (SSSR count). The van der Waals surface area contributed by atoms with E-state index in [1.54, 1.807) is 4.68 Å². The van der Waals surface area contributed by atoms with Gasteiger partial charge in [-0.2, -0.15) is 5.10 Å². The van der Waals surface area contributed by atoms with Crippen LogP contribution in [0.3, 0.4) is 0 Å². The maximum Gasteiger partial charge on any atom is 0.0840 e. The number of hydrogen-bond acceptors (Lipinski definition) is 3. The van der Waals surface area contributed by atoms with Gasteiger partial charge in [-0.1, -0.05) is 0 Å². The van der Waals surface area contributed by atoms with Gasteiger partial charge < -0.3 is 10.8 Å². The van der Waals surface area contributed by atoms with Crippen LogP contribution >= 0.6 is 0 Å². The van der Waals surface area contributed by atoms with Crippen molar-refractivity contribution in [3.63, 3.8) is 0 Å². The van der Waals surface area contributed by atoms with E-state index in [-0.39, 0.29) is 5.54 Å². The van der Waals surface area contributed by atoms with Crippen molar-refractivity contribution in [2.24, 2.45) is 12.8 Å². The maximum absolute atomic E-state index is 9.96. The van der Waals surface area contributed by atoms with Gasteiger partial charge in [0.1, 0.15) is 0 Å². The molecule has 1 aliphatic carbocycles. The van der Waals surface area contributed by atoms with Gasteiger partial charge in [0.25, 0.3) is 0 Å². The van der Waals surface area contributed by atoms with E-state index in [0.29, 0.717) is 6.42 Å². The number of nitrogens with zero attached hydrogens (tertiary/aromatic N) is 2. The molecule has 3 N–H and O–H groups in total. The minimum absolute atomic E-state index is 0.109. The van der Waals surface area contributed by atoms with Crippen molar-refractivity contribution in [1.29, 1.82) is 0 Å². The van der Waals surface area contributed by atoms with E-state index >= 15 is 0 Å². The Labute approximate surface area is 83.7 Å². The van der Waals surface area contributed by atoms with Gasteiger partial charge in [-0.15, -0.1) is 0 Å². The lowest BCUT2D eigenvalue weighted by Crippen LogP contribution is -2.24. The fourth-order valence-electron chi connectivity index (χ4n) is 1.80. The summed E-state index contributed by atoms with van der Waals surface area (Å²) in [6.45, 7) is 1.91. The average Bonchev–Trinajstić information content (AvgIpc) is 2.68. The first-order valence-corrected chi connectivity index (χ1v) is 4.97. The molecule has 0 radical (unpaired) electrons. The van der Waals surface area contributed by atoms with Crippen molar-refractivity contribution in [1.82, 2.24) is 9.78 Å². The minimum atomic E-state index is -0.462. The molecule has 4 nitrogen and oxygen atoms in total. The third kappa shape index (κ3) is 1.81. The number of hydrogen-bond donors (Lipinski definition) is 2. The SMILES string of the molecule is Cc1nn(C)cc1C(O)CC1(N)CC1. The van der Waals surface area contributed by atoms with Crippen LogP contribution in [0.15, 0.2) is 6.20 Å². The second-order valence-electron chi connectivity index (χ2n) is 4.43. The van der Waals surface area contributed by atoms with E-state index in [1.165, 1.54) is 0 Å². The molecule has 1 heterocycles. The number of aromatic nitrogens is 2. The first-order chi connectivity index (χ1) is 6.50. The van der Waals surface area contributed by atoms with Gasteiger partial charge >= 0.3 is 0 Å². The van der Waals surface area contributed by atoms with Gasteiger partial charge in [0.2, 0.25) is 0 Å². The number of nitrogens with two attached hydrogens (primary N) is 1. The summed E-state index contributed by atoms with van der Waals surface area (Å²) in [6.07, 6.45) is 4.12. The first kappa shape index (κ1) is 9.68. The van der Waals surface area contributed by atoms with Crippen LogP contribution in [0.1, 0.15) is 36.6 Å². The zero-order chi connectivity index (χ0) is 10.3. The highest BCUT2D eigenvalue weighted by atomic mass is 16.3. The molecule has 1 aromatic heterocycles. The number of rotatable bonds is 3. The molecule has 1 saturated carbocycles. The lowest BCUT2D eigenvalue weighted by atomic mass is 10.0. The Hall–Kier alpha value is -0.870. The standard InChI is InChI=1S/C10H17N3O/c1-7-8(6-13(2)12-7)9(14)5-10(11)3-4-10/h6,9,14H,3-5,11H2,1-2H3. The molecular formula is C10H17N3O.